The second-order valence-electron chi connectivity index (χ2n) is 9.06. The summed E-state index contributed by atoms with van der Waals surface area (Å²) in [5.41, 5.74) is -2.75. The van der Waals surface area contributed by atoms with Crippen LogP contribution in [0, 0.1) is 0 Å². The Balaban J connectivity index is 1.16. The molecule has 0 spiro atoms. The van der Waals surface area contributed by atoms with Crippen molar-refractivity contribution in [2.45, 2.75) is 43.8 Å². The van der Waals surface area contributed by atoms with Gasteiger partial charge in [-0.05, 0) is 12.5 Å². The Morgan fingerprint density at radius 1 is 1.22 bits per heavy atom. The number of alkyl halides is 5. The molecular weight excluding hydrogens is 505 g/mol. The predicted octanol–water partition coefficient (Wildman–Crippen LogP) is 2.26. The summed E-state index contributed by atoms with van der Waals surface area (Å²) in [6.45, 7) is 3.48. The summed E-state index contributed by atoms with van der Waals surface area (Å²) in [5, 5.41) is 7.73. The van der Waals surface area contributed by atoms with Crippen molar-refractivity contribution in [2.24, 2.45) is 0 Å². The number of nitrogens with one attached hydrogen (secondary N) is 2. The number of carbonyl (C=O) groups is 1. The summed E-state index contributed by atoms with van der Waals surface area (Å²) < 4.78 is 71.2. The number of halogens is 5. The molecule has 3 heterocycles. The predicted molar refractivity (Wildman–Crippen MR) is 122 cm³/mol. The zero-order valence-corrected chi connectivity index (χ0v) is 19.9. The number of aromatic amines is 1. The van der Waals surface area contributed by atoms with E-state index in [1.807, 2.05) is 4.90 Å². The van der Waals surface area contributed by atoms with E-state index in [4.69, 9.17) is 4.74 Å². The average Bonchev–Trinajstić information content (AvgIpc) is 3.49. The van der Waals surface area contributed by atoms with Crippen LogP contribution in [0.4, 0.5) is 33.6 Å². The van der Waals surface area contributed by atoms with Crippen LogP contribution in [0.3, 0.4) is 0 Å². The fourth-order valence-corrected chi connectivity index (χ4v) is 4.08. The maximum Gasteiger partial charge on any atom is 0.423 e. The molecule has 2 aromatic heterocycles. The average molecular weight is 531 g/mol. The smallest absolute Gasteiger partial charge is 0.379 e. The minimum Gasteiger partial charge on any atom is -0.379 e. The van der Waals surface area contributed by atoms with E-state index in [0.717, 1.165) is 6.20 Å². The Morgan fingerprint density at radius 3 is 2.46 bits per heavy atom. The molecule has 2 atom stereocenters. The van der Waals surface area contributed by atoms with Gasteiger partial charge in [0.2, 0.25) is 11.9 Å². The van der Waals surface area contributed by atoms with Gasteiger partial charge in [0.25, 0.3) is 11.5 Å². The van der Waals surface area contributed by atoms with Crippen molar-refractivity contribution in [2.75, 3.05) is 49.6 Å². The molecule has 0 radical (unpaired) electrons. The molecule has 1 amide bonds. The number of aromatic nitrogens is 4. The molecule has 0 aromatic carbocycles. The monoisotopic (exact) mass is 531 g/mol. The molecular formula is C22H26F5N7O3. The van der Waals surface area contributed by atoms with Crippen LogP contribution in [0.1, 0.15) is 36.8 Å². The molecule has 37 heavy (non-hydrogen) atoms. The molecule has 4 rings (SSSR count). The summed E-state index contributed by atoms with van der Waals surface area (Å²) in [5.74, 6) is -3.19. The largest absolute Gasteiger partial charge is 0.423 e. The van der Waals surface area contributed by atoms with Crippen LogP contribution in [0.2, 0.25) is 0 Å². The normalized spacial score (nSPS) is 20.0. The Labute approximate surface area is 208 Å². The van der Waals surface area contributed by atoms with Gasteiger partial charge in [-0.1, -0.05) is 0 Å². The number of hydrogen-bond donors (Lipinski definition) is 2. The number of amides is 1. The quantitative estimate of drug-likeness (QED) is 0.374. The van der Waals surface area contributed by atoms with Gasteiger partial charge in [-0.15, -0.1) is 0 Å². The van der Waals surface area contributed by atoms with Crippen molar-refractivity contribution >= 4 is 17.5 Å². The number of ether oxygens (including phenoxy) is 1. The summed E-state index contributed by atoms with van der Waals surface area (Å²) in [6, 6.07) is -0.583. The second-order valence-corrected chi connectivity index (χ2v) is 9.06. The lowest BCUT2D eigenvalue weighted by Crippen LogP contribution is -2.49. The molecule has 10 nitrogen and oxygen atoms in total. The van der Waals surface area contributed by atoms with Crippen molar-refractivity contribution in [3.63, 3.8) is 0 Å². The lowest BCUT2D eigenvalue weighted by molar-refractivity contribution is -0.138. The zero-order chi connectivity index (χ0) is 26.8. The van der Waals surface area contributed by atoms with Crippen molar-refractivity contribution in [1.29, 1.82) is 0 Å². The maximum absolute atomic E-state index is 13.2. The third-order valence-electron chi connectivity index (χ3n) is 6.17. The molecule has 0 unspecified atom stereocenters. The zero-order valence-electron chi connectivity index (χ0n) is 19.9. The number of H-pyrrole nitrogens is 1. The molecule has 2 N–H and O–H groups in total. The van der Waals surface area contributed by atoms with Gasteiger partial charge >= 0.3 is 6.18 Å². The first-order valence-corrected chi connectivity index (χ1v) is 11.7. The van der Waals surface area contributed by atoms with E-state index < -0.39 is 40.9 Å². The topological polar surface area (TPSA) is 116 Å². The summed E-state index contributed by atoms with van der Waals surface area (Å²) >= 11 is 0. The molecule has 0 bridgehead atoms. The molecule has 2 aromatic rings. The number of rotatable bonds is 9. The highest BCUT2D eigenvalue weighted by atomic mass is 19.4. The Morgan fingerprint density at radius 2 is 1.86 bits per heavy atom. The molecule has 1 saturated carbocycles. The first-order chi connectivity index (χ1) is 17.5. The van der Waals surface area contributed by atoms with E-state index in [1.165, 1.54) is 12.4 Å². The fraction of sp³-hybridized carbons (Fsp3) is 0.591. The van der Waals surface area contributed by atoms with Gasteiger partial charge in [-0.3, -0.25) is 9.59 Å². The number of nitrogens with zero attached hydrogens (tertiary/aromatic N) is 5. The maximum atomic E-state index is 13.2. The van der Waals surface area contributed by atoms with Crippen LogP contribution in [-0.2, 0) is 15.7 Å². The number of carbonyl (C=O) groups excluding carboxylic acids is 1. The third kappa shape index (κ3) is 6.50. The standard InChI is InChI=1S/C22H26F5N7O3/c1-13(31-16-11-30-32-19(36)18(16)22(25,26)27)12-37-7-2-17(35)33-3-5-34(6-4-33)20-28-9-14(10-29-20)15-8-21(15,23)24/h9-11,13,15H,2-8,12H2,1H3,(H2,31,32,36)/t13-,15-/m0/s1. The molecule has 202 valence electrons. The van der Waals surface area contributed by atoms with Gasteiger partial charge in [0.15, 0.2) is 0 Å². The highest BCUT2D eigenvalue weighted by molar-refractivity contribution is 5.76. The molecule has 2 fully saturated rings. The van der Waals surface area contributed by atoms with E-state index >= 15 is 0 Å². The van der Waals surface area contributed by atoms with Gasteiger partial charge in [0.1, 0.15) is 5.56 Å². The highest BCUT2D eigenvalue weighted by Crippen LogP contribution is 2.55. The molecule has 1 saturated heterocycles. The van der Waals surface area contributed by atoms with Gasteiger partial charge in [0, 0.05) is 51.0 Å². The summed E-state index contributed by atoms with van der Waals surface area (Å²) in [6.07, 6.45) is -1.20. The molecule has 1 aliphatic heterocycles. The van der Waals surface area contributed by atoms with E-state index in [1.54, 1.807) is 16.9 Å². The van der Waals surface area contributed by atoms with Crippen molar-refractivity contribution in [3.05, 3.63) is 40.1 Å². The minimum atomic E-state index is -4.85. The van der Waals surface area contributed by atoms with Gasteiger partial charge in [0.05, 0.1) is 37.4 Å². The third-order valence-corrected chi connectivity index (χ3v) is 6.17. The number of anilines is 2. The fourth-order valence-electron chi connectivity index (χ4n) is 4.08. The van der Waals surface area contributed by atoms with E-state index in [2.05, 4.69) is 20.4 Å². The number of piperazine rings is 1. The van der Waals surface area contributed by atoms with Crippen molar-refractivity contribution in [3.8, 4) is 0 Å². The van der Waals surface area contributed by atoms with Crippen LogP contribution >= 0.6 is 0 Å². The van der Waals surface area contributed by atoms with Crippen molar-refractivity contribution in [1.82, 2.24) is 25.1 Å². The van der Waals surface area contributed by atoms with Crippen LogP contribution < -0.4 is 15.8 Å². The number of hydrogen-bond acceptors (Lipinski definition) is 8. The lowest BCUT2D eigenvalue weighted by atomic mass is 10.2. The Hall–Kier alpha value is -3.36. The van der Waals surface area contributed by atoms with Gasteiger partial charge in [-0.25, -0.2) is 23.8 Å². The van der Waals surface area contributed by atoms with E-state index in [9.17, 15) is 31.5 Å². The molecule has 1 aliphatic carbocycles. The first-order valence-electron chi connectivity index (χ1n) is 11.7. The second kappa shape index (κ2) is 10.6. The summed E-state index contributed by atoms with van der Waals surface area (Å²) in [7, 11) is 0. The molecule has 2 aliphatic rings. The van der Waals surface area contributed by atoms with Crippen LogP contribution in [0.25, 0.3) is 0 Å². The van der Waals surface area contributed by atoms with Crippen molar-refractivity contribution < 1.29 is 31.5 Å². The van der Waals surface area contributed by atoms with Crippen LogP contribution in [0.5, 0.6) is 0 Å². The van der Waals surface area contributed by atoms with Crippen LogP contribution in [0.15, 0.2) is 23.4 Å². The Bertz CT molecular complexity index is 1150. The molecule has 15 heteroatoms. The minimum absolute atomic E-state index is 0.00524. The van der Waals surface area contributed by atoms with Gasteiger partial charge in [-0.2, -0.15) is 18.3 Å². The summed E-state index contributed by atoms with van der Waals surface area (Å²) in [4.78, 5) is 36.0. The van der Waals surface area contributed by atoms with Gasteiger partial charge < -0.3 is 19.9 Å². The van der Waals surface area contributed by atoms with E-state index in [-0.39, 0.29) is 32.0 Å². The first kappa shape index (κ1) is 26.7. The SMILES string of the molecule is C[C@@H](COCCC(=O)N1CCN(c2ncc([C@@H]3CC3(F)F)cn2)CC1)Nc1cn[nH]c(=O)c1C(F)(F)F. The van der Waals surface area contributed by atoms with Crippen LogP contribution in [-0.4, -0.2) is 82.3 Å². The highest BCUT2D eigenvalue weighted by Gasteiger charge is 2.57. The lowest BCUT2D eigenvalue weighted by Gasteiger charge is -2.34. The Kier molecular flexibility index (Phi) is 7.62. The van der Waals surface area contributed by atoms with E-state index in [0.29, 0.717) is 37.7 Å².